The topological polar surface area (TPSA) is 124 Å². The van der Waals surface area contributed by atoms with Crippen LogP contribution in [0.15, 0.2) is 48.8 Å². The van der Waals surface area contributed by atoms with Gasteiger partial charge in [0.2, 0.25) is 11.8 Å². The van der Waals surface area contributed by atoms with Crippen LogP contribution in [0, 0.1) is 0 Å². The molecule has 0 radical (unpaired) electrons. The Hall–Kier alpha value is -5.18. The molecule has 0 bridgehead atoms. The van der Waals surface area contributed by atoms with Gasteiger partial charge in [0.1, 0.15) is 12.2 Å². The van der Waals surface area contributed by atoms with Crippen LogP contribution in [0.4, 0.5) is 0 Å². The summed E-state index contributed by atoms with van der Waals surface area (Å²) in [5, 5.41) is 9.70. The Balaban J connectivity index is 0.00000151. The lowest BCUT2D eigenvalue weighted by Crippen LogP contribution is -2.34. The van der Waals surface area contributed by atoms with E-state index in [-0.39, 0.29) is 15.1 Å². The predicted octanol–water partition coefficient (Wildman–Crippen LogP) is 8.01. The number of likely N-dealkylation sites (tertiary alicyclic amines) is 2. The van der Waals surface area contributed by atoms with Crippen LogP contribution < -0.4 is 38.7 Å². The Labute approximate surface area is 367 Å². The Morgan fingerprint density at radius 1 is 0.661 bits per heavy atom. The van der Waals surface area contributed by atoms with Gasteiger partial charge in [-0.25, -0.2) is 9.97 Å². The average Bonchev–Trinajstić information content (AvgIpc) is 4.17. The second-order valence-electron chi connectivity index (χ2n) is 16.7. The van der Waals surface area contributed by atoms with Gasteiger partial charge in [-0.2, -0.15) is 0 Å². The summed E-state index contributed by atoms with van der Waals surface area (Å²) < 4.78 is 40.4. The fraction of sp³-hybridized carbons (Fsp3) is 0.542. The number of nitrogens with one attached hydrogen (secondary N) is 2. The fourth-order valence-corrected chi connectivity index (χ4v) is 9.75. The molecule has 2 atom stereocenters. The number of hydrogen-bond acceptors (Lipinski definition) is 12. The molecule has 0 spiro atoms. The van der Waals surface area contributed by atoms with Gasteiger partial charge in [-0.1, -0.05) is 13.8 Å². The monoisotopic (exact) mass is 853 g/mol. The van der Waals surface area contributed by atoms with Gasteiger partial charge in [0.15, 0.2) is 23.0 Å². The van der Waals surface area contributed by atoms with Crippen molar-refractivity contribution in [2.45, 2.75) is 77.4 Å². The number of pyridine rings is 2. The Morgan fingerprint density at radius 2 is 1.29 bits per heavy atom. The van der Waals surface area contributed by atoms with E-state index in [9.17, 15) is 0 Å². The molecular formula is C48H68N8O6. The zero-order valence-electron chi connectivity index (χ0n) is 37.0. The molecule has 4 fully saturated rings. The molecule has 4 aliphatic rings. The van der Waals surface area contributed by atoms with Crippen molar-refractivity contribution in [2.75, 3.05) is 97.9 Å². The number of H-pyrrole nitrogens is 1. The van der Waals surface area contributed by atoms with Crippen molar-refractivity contribution in [3.63, 3.8) is 0 Å². The van der Waals surface area contributed by atoms with E-state index in [4.69, 9.17) is 38.4 Å². The van der Waals surface area contributed by atoms with Gasteiger partial charge < -0.3 is 53.5 Å². The summed E-state index contributed by atoms with van der Waals surface area (Å²) in [6.07, 6.45) is 12.5. The Bertz CT molecular complexity index is 2450. The molecule has 6 aromatic rings. The van der Waals surface area contributed by atoms with Crippen LogP contribution in [0.3, 0.4) is 0 Å². The maximum Gasteiger partial charge on any atom is 0.223 e. The van der Waals surface area contributed by atoms with E-state index in [0.29, 0.717) is 43.0 Å². The highest BCUT2D eigenvalue weighted by Gasteiger charge is 2.31. The van der Waals surface area contributed by atoms with Gasteiger partial charge in [0.25, 0.3) is 0 Å². The third-order valence-corrected chi connectivity index (χ3v) is 12.8. The molecule has 2 aromatic carbocycles. The van der Waals surface area contributed by atoms with Crippen molar-refractivity contribution in [2.24, 2.45) is 0 Å². The van der Waals surface area contributed by atoms with Gasteiger partial charge in [-0.3, -0.25) is 4.68 Å². The summed E-state index contributed by atoms with van der Waals surface area (Å²) in [4.78, 5) is 18.2. The smallest absolute Gasteiger partial charge is 0.223 e. The van der Waals surface area contributed by atoms with E-state index in [1.54, 1.807) is 14.2 Å². The minimum Gasteiger partial charge on any atom is -0.493 e. The number of benzene rings is 2. The summed E-state index contributed by atoms with van der Waals surface area (Å²) in [5.41, 5.74) is 3.95. The standard InChI is InChI=1S/C46H58N8O6.C2H6.2H2/c1-55-39-25-33-36(27-41(39)57-23-7-20-51-16-3-4-17-51)50-35-10-14-48-45(43(33)35)60-32-12-22-53(30-32)54-37-11-15-49-46(59-31-9-13-47-29-31)44(37)34-26-40(56-2)42(28-38(34)54)58-24-8-21-52-18-5-6-19-52;1-2;;/h10-11,14-15,25-28,31-32,47,50H,3-9,12-13,16-24,29-30H2,1-2H3;1-2H3;2*1H. The van der Waals surface area contributed by atoms with Crippen LogP contribution in [0.2, 0.25) is 0 Å². The first-order chi connectivity index (χ1) is 30.6. The molecule has 0 aliphatic carbocycles. The molecule has 4 aliphatic heterocycles. The second-order valence-corrected chi connectivity index (χ2v) is 16.7. The highest BCUT2D eigenvalue weighted by molar-refractivity contribution is 6.12. The van der Waals surface area contributed by atoms with Crippen molar-refractivity contribution in [1.29, 1.82) is 0 Å². The third-order valence-electron chi connectivity index (χ3n) is 12.8. The summed E-state index contributed by atoms with van der Waals surface area (Å²) >= 11 is 0. The van der Waals surface area contributed by atoms with Crippen molar-refractivity contribution < 1.29 is 31.3 Å². The summed E-state index contributed by atoms with van der Waals surface area (Å²) in [6.45, 7) is 15.3. The van der Waals surface area contributed by atoms with Crippen LogP contribution in [0.5, 0.6) is 34.8 Å². The second kappa shape index (κ2) is 19.5. The number of hydrogen-bond donors (Lipinski definition) is 2. The van der Waals surface area contributed by atoms with Crippen LogP contribution in [-0.4, -0.2) is 135 Å². The van der Waals surface area contributed by atoms with Crippen LogP contribution in [0.1, 0.15) is 68.1 Å². The zero-order valence-corrected chi connectivity index (χ0v) is 37.0. The highest BCUT2D eigenvalue weighted by Crippen LogP contribution is 2.43. The van der Waals surface area contributed by atoms with Gasteiger partial charge in [-0.05, 0) is 102 Å². The first kappa shape index (κ1) is 42.1. The van der Waals surface area contributed by atoms with E-state index in [2.05, 4.69) is 48.0 Å². The minimum absolute atomic E-state index is 0. The molecule has 0 amide bonds. The summed E-state index contributed by atoms with van der Waals surface area (Å²) in [6, 6.07) is 12.4. The Kier molecular flexibility index (Phi) is 13.2. The average molecular weight is 853 g/mol. The van der Waals surface area contributed by atoms with Gasteiger partial charge in [-0.15, -0.1) is 0 Å². The number of methoxy groups -OCH3 is 2. The van der Waals surface area contributed by atoms with E-state index in [1.165, 1.54) is 51.9 Å². The summed E-state index contributed by atoms with van der Waals surface area (Å²) in [7, 11) is 3.41. The van der Waals surface area contributed by atoms with E-state index < -0.39 is 0 Å². The van der Waals surface area contributed by atoms with Crippen molar-refractivity contribution >= 4 is 43.6 Å². The largest absolute Gasteiger partial charge is 0.493 e. The molecule has 2 N–H and O–H groups in total. The highest BCUT2D eigenvalue weighted by atomic mass is 16.5. The van der Waals surface area contributed by atoms with E-state index >= 15 is 0 Å². The lowest BCUT2D eigenvalue weighted by molar-refractivity contribution is 0.217. The molecule has 4 saturated heterocycles. The predicted molar refractivity (Wildman–Crippen MR) is 250 cm³/mol. The number of ether oxygens (including phenoxy) is 6. The first-order valence-corrected chi connectivity index (χ1v) is 23.1. The molecule has 10 rings (SSSR count). The minimum atomic E-state index is -0.109. The fourth-order valence-electron chi connectivity index (χ4n) is 9.75. The van der Waals surface area contributed by atoms with E-state index in [1.807, 2.05) is 44.4 Å². The first-order valence-electron chi connectivity index (χ1n) is 23.1. The van der Waals surface area contributed by atoms with Crippen molar-refractivity contribution in [1.82, 2.24) is 34.7 Å². The van der Waals surface area contributed by atoms with E-state index in [0.717, 1.165) is 114 Å². The molecule has 62 heavy (non-hydrogen) atoms. The molecule has 0 saturated carbocycles. The molecule has 14 nitrogen and oxygen atoms in total. The molecule has 2 unspecified atom stereocenters. The maximum absolute atomic E-state index is 6.86. The number of rotatable bonds is 17. The number of fused-ring (bicyclic) bond motifs is 6. The lowest BCUT2D eigenvalue weighted by atomic mass is 10.1. The van der Waals surface area contributed by atoms with Crippen LogP contribution in [-0.2, 0) is 0 Å². The van der Waals surface area contributed by atoms with Crippen LogP contribution >= 0.6 is 0 Å². The van der Waals surface area contributed by atoms with Gasteiger partial charge >= 0.3 is 0 Å². The number of aromatic nitrogens is 4. The number of nitrogens with zero attached hydrogens (tertiary/aromatic N) is 6. The molecule has 336 valence electrons. The van der Waals surface area contributed by atoms with Crippen molar-refractivity contribution in [3.8, 4) is 34.8 Å². The normalized spacial score (nSPS) is 19.5. The number of aromatic amines is 1. The van der Waals surface area contributed by atoms with Gasteiger partial charge in [0, 0.05) is 70.8 Å². The lowest BCUT2D eigenvalue weighted by Gasteiger charge is -2.23. The molecule has 4 aromatic heterocycles. The van der Waals surface area contributed by atoms with Crippen LogP contribution in [0.25, 0.3) is 43.6 Å². The molecular weight excluding hydrogens is 785 g/mol. The maximum atomic E-state index is 6.86. The SMILES string of the molecule is CC.COc1cc2c(cc1OCCCN1CCCC1)[nH]c1ccnc(OC3CCN(n4c5cc(OCCCN6CCCC6)c(OC)cc5c5c(OC6CCNC6)nccc54)C3)c12.[HH].[HH]. The zero-order chi connectivity index (χ0) is 42.4. The Morgan fingerprint density at radius 3 is 1.95 bits per heavy atom. The van der Waals surface area contributed by atoms with Gasteiger partial charge in [0.05, 0.1) is 66.8 Å². The third kappa shape index (κ3) is 8.74. The summed E-state index contributed by atoms with van der Waals surface area (Å²) in [5.74, 6) is 4.12. The van der Waals surface area contributed by atoms with Crippen molar-refractivity contribution in [3.05, 3.63) is 48.8 Å². The molecule has 14 heteroatoms. The molecule has 8 heterocycles. The quantitative estimate of drug-likeness (QED) is 0.0865.